The van der Waals surface area contributed by atoms with Crippen LogP contribution in [0.25, 0.3) is 0 Å². The Kier molecular flexibility index (Phi) is 5.08. The van der Waals surface area contributed by atoms with Gasteiger partial charge in [-0.3, -0.25) is 4.79 Å². The summed E-state index contributed by atoms with van der Waals surface area (Å²) in [5, 5.41) is 2.81. The minimum atomic E-state index is -0.483. The normalized spacial score (nSPS) is 14.2. The summed E-state index contributed by atoms with van der Waals surface area (Å²) < 4.78 is 0.749. The van der Waals surface area contributed by atoms with E-state index in [-0.39, 0.29) is 11.8 Å². The molecule has 2 atom stereocenters. The number of hydrogen-bond donors (Lipinski definition) is 2. The molecule has 1 aromatic heterocycles. The molecular formula is C12H18BrN3O. The zero-order chi connectivity index (χ0) is 13.0. The second kappa shape index (κ2) is 6.12. The van der Waals surface area contributed by atoms with Gasteiger partial charge in [0.15, 0.2) is 0 Å². The quantitative estimate of drug-likeness (QED) is 0.839. The van der Waals surface area contributed by atoms with Crippen LogP contribution >= 0.6 is 15.9 Å². The van der Waals surface area contributed by atoms with Crippen LogP contribution in [0.2, 0.25) is 0 Å². The van der Waals surface area contributed by atoms with Crippen LogP contribution < -0.4 is 11.1 Å². The van der Waals surface area contributed by atoms with Gasteiger partial charge < -0.3 is 11.1 Å². The molecule has 0 saturated heterocycles. The second-order valence-electron chi connectivity index (χ2n) is 4.17. The third kappa shape index (κ3) is 3.78. The summed E-state index contributed by atoms with van der Waals surface area (Å²) in [6.45, 7) is 5.83. The van der Waals surface area contributed by atoms with E-state index in [0.717, 1.165) is 16.7 Å². The fourth-order valence-corrected chi connectivity index (χ4v) is 1.79. The molecule has 0 aliphatic rings. The van der Waals surface area contributed by atoms with Crippen molar-refractivity contribution in [2.75, 3.05) is 5.32 Å². The van der Waals surface area contributed by atoms with Crippen LogP contribution in [0.15, 0.2) is 16.7 Å². The van der Waals surface area contributed by atoms with Gasteiger partial charge in [-0.1, -0.05) is 20.3 Å². The predicted molar refractivity (Wildman–Crippen MR) is 72.7 cm³/mol. The highest BCUT2D eigenvalue weighted by Gasteiger charge is 2.19. The molecule has 0 spiro atoms. The Morgan fingerprint density at radius 2 is 2.24 bits per heavy atom. The van der Waals surface area contributed by atoms with Gasteiger partial charge in [-0.25, -0.2) is 4.98 Å². The maximum Gasteiger partial charge on any atom is 0.241 e. The van der Waals surface area contributed by atoms with Gasteiger partial charge in [0.1, 0.15) is 4.60 Å². The number of aryl methyl sites for hydroxylation is 1. The maximum absolute atomic E-state index is 11.9. The van der Waals surface area contributed by atoms with Crippen molar-refractivity contribution in [2.24, 2.45) is 11.7 Å². The number of amides is 1. The first-order chi connectivity index (χ1) is 7.95. The number of aromatic nitrogens is 1. The van der Waals surface area contributed by atoms with Crippen LogP contribution in [0.5, 0.6) is 0 Å². The number of nitrogens with two attached hydrogens (primary N) is 1. The average molecular weight is 300 g/mol. The summed E-state index contributed by atoms with van der Waals surface area (Å²) >= 11 is 3.28. The Morgan fingerprint density at radius 1 is 1.59 bits per heavy atom. The van der Waals surface area contributed by atoms with Gasteiger partial charge in [0.25, 0.3) is 0 Å². The number of carbonyl (C=O) groups excluding carboxylic acids is 1. The van der Waals surface area contributed by atoms with Gasteiger partial charge >= 0.3 is 0 Å². The van der Waals surface area contributed by atoms with Gasteiger partial charge in [-0.05, 0) is 40.9 Å². The monoisotopic (exact) mass is 299 g/mol. The third-order valence-electron chi connectivity index (χ3n) is 2.87. The SMILES string of the molecule is CCC(C)C(N)C(=O)Nc1ccc(Br)nc1C. The highest BCUT2D eigenvalue weighted by molar-refractivity contribution is 9.10. The number of nitrogens with zero attached hydrogens (tertiary/aromatic N) is 1. The molecule has 3 N–H and O–H groups in total. The van der Waals surface area contributed by atoms with E-state index in [4.69, 9.17) is 5.73 Å². The molecule has 0 aliphatic carbocycles. The average Bonchev–Trinajstić information content (AvgIpc) is 2.30. The Morgan fingerprint density at radius 3 is 2.76 bits per heavy atom. The van der Waals surface area contributed by atoms with Gasteiger partial charge in [0.05, 0.1) is 17.4 Å². The molecule has 1 rings (SSSR count). The highest BCUT2D eigenvalue weighted by Crippen LogP contribution is 2.17. The van der Waals surface area contributed by atoms with Crippen molar-refractivity contribution >= 4 is 27.5 Å². The fourth-order valence-electron chi connectivity index (χ4n) is 1.39. The molecule has 0 saturated carbocycles. The molecule has 0 radical (unpaired) electrons. The highest BCUT2D eigenvalue weighted by atomic mass is 79.9. The van der Waals surface area contributed by atoms with Crippen molar-refractivity contribution in [3.05, 3.63) is 22.4 Å². The lowest BCUT2D eigenvalue weighted by molar-refractivity contribution is -0.118. The summed E-state index contributed by atoms with van der Waals surface area (Å²) in [4.78, 5) is 16.1. The number of rotatable bonds is 4. The maximum atomic E-state index is 11.9. The predicted octanol–water partition coefficient (Wildman–Crippen LogP) is 2.46. The molecule has 17 heavy (non-hydrogen) atoms. The molecule has 0 aliphatic heterocycles. The van der Waals surface area contributed by atoms with E-state index in [2.05, 4.69) is 26.2 Å². The number of nitrogens with one attached hydrogen (secondary N) is 1. The molecule has 1 aromatic rings. The molecule has 4 nitrogen and oxygen atoms in total. The van der Waals surface area contributed by atoms with E-state index in [0.29, 0.717) is 5.69 Å². The Labute approximate surface area is 110 Å². The second-order valence-corrected chi connectivity index (χ2v) is 4.98. The number of anilines is 1. The smallest absolute Gasteiger partial charge is 0.241 e. The van der Waals surface area contributed by atoms with Crippen molar-refractivity contribution in [3.63, 3.8) is 0 Å². The van der Waals surface area contributed by atoms with E-state index in [1.54, 1.807) is 6.07 Å². The molecule has 0 fully saturated rings. The summed E-state index contributed by atoms with van der Waals surface area (Å²) in [5.74, 6) is 0.00489. The minimum Gasteiger partial charge on any atom is -0.323 e. The van der Waals surface area contributed by atoms with Gasteiger partial charge in [0.2, 0.25) is 5.91 Å². The Balaban J connectivity index is 2.74. The van der Waals surface area contributed by atoms with Crippen LogP contribution in [0.4, 0.5) is 5.69 Å². The van der Waals surface area contributed by atoms with Crippen LogP contribution in [-0.4, -0.2) is 16.9 Å². The van der Waals surface area contributed by atoms with Crippen molar-refractivity contribution in [1.29, 1.82) is 0 Å². The van der Waals surface area contributed by atoms with Crippen LogP contribution in [-0.2, 0) is 4.79 Å². The summed E-state index contributed by atoms with van der Waals surface area (Å²) in [6, 6.07) is 3.12. The molecule has 1 amide bonds. The van der Waals surface area contributed by atoms with Gasteiger partial charge in [0, 0.05) is 0 Å². The third-order valence-corrected chi connectivity index (χ3v) is 3.31. The van der Waals surface area contributed by atoms with Crippen molar-refractivity contribution in [3.8, 4) is 0 Å². The molecule has 1 heterocycles. The van der Waals surface area contributed by atoms with Crippen molar-refractivity contribution in [1.82, 2.24) is 4.98 Å². The van der Waals surface area contributed by atoms with E-state index >= 15 is 0 Å². The Bertz CT molecular complexity index is 409. The van der Waals surface area contributed by atoms with Crippen LogP contribution in [0.1, 0.15) is 26.0 Å². The standard InChI is InChI=1S/C12H18BrN3O/c1-4-7(2)11(14)12(17)16-9-5-6-10(13)15-8(9)3/h5-7,11H,4,14H2,1-3H3,(H,16,17). The van der Waals surface area contributed by atoms with E-state index in [1.165, 1.54) is 0 Å². The topological polar surface area (TPSA) is 68.0 Å². The van der Waals surface area contributed by atoms with Gasteiger partial charge in [-0.2, -0.15) is 0 Å². The van der Waals surface area contributed by atoms with E-state index < -0.39 is 6.04 Å². The molecule has 2 unspecified atom stereocenters. The molecular weight excluding hydrogens is 282 g/mol. The first-order valence-corrected chi connectivity index (χ1v) is 6.44. The zero-order valence-electron chi connectivity index (χ0n) is 10.3. The number of carbonyl (C=O) groups is 1. The Hall–Kier alpha value is -0.940. The van der Waals surface area contributed by atoms with Crippen LogP contribution in [0, 0.1) is 12.8 Å². The lowest BCUT2D eigenvalue weighted by Gasteiger charge is -2.18. The van der Waals surface area contributed by atoms with Crippen LogP contribution in [0.3, 0.4) is 0 Å². The number of halogens is 1. The molecule has 94 valence electrons. The van der Waals surface area contributed by atoms with E-state index in [1.807, 2.05) is 26.8 Å². The number of hydrogen-bond acceptors (Lipinski definition) is 3. The largest absolute Gasteiger partial charge is 0.323 e. The lowest BCUT2D eigenvalue weighted by atomic mass is 9.99. The first-order valence-electron chi connectivity index (χ1n) is 5.65. The molecule has 0 bridgehead atoms. The van der Waals surface area contributed by atoms with Crippen molar-refractivity contribution in [2.45, 2.75) is 33.2 Å². The summed E-state index contributed by atoms with van der Waals surface area (Å²) in [5.41, 5.74) is 7.33. The van der Waals surface area contributed by atoms with Crippen molar-refractivity contribution < 1.29 is 4.79 Å². The molecule has 5 heteroatoms. The fraction of sp³-hybridized carbons (Fsp3) is 0.500. The molecule has 0 aromatic carbocycles. The first kappa shape index (κ1) is 14.1. The van der Waals surface area contributed by atoms with E-state index in [9.17, 15) is 4.79 Å². The lowest BCUT2D eigenvalue weighted by Crippen LogP contribution is -2.40. The summed E-state index contributed by atoms with van der Waals surface area (Å²) in [7, 11) is 0. The number of pyridine rings is 1. The van der Waals surface area contributed by atoms with Gasteiger partial charge in [-0.15, -0.1) is 0 Å². The summed E-state index contributed by atoms with van der Waals surface area (Å²) in [6.07, 6.45) is 0.881. The minimum absolute atomic E-state index is 0.161. The zero-order valence-corrected chi connectivity index (χ0v) is 11.9.